The molecular formula is C21H26N4O9. The summed E-state index contributed by atoms with van der Waals surface area (Å²) in [6.07, 6.45) is 0.924. The normalized spacial score (nSPS) is 11.5. The monoisotopic (exact) mass is 478 g/mol. The quantitative estimate of drug-likeness (QED) is 0.306. The zero-order valence-electron chi connectivity index (χ0n) is 18.8. The van der Waals surface area contributed by atoms with Crippen molar-refractivity contribution in [1.82, 2.24) is 4.98 Å². The Morgan fingerprint density at radius 2 is 1.65 bits per heavy atom. The second kappa shape index (κ2) is 12.7. The highest BCUT2D eigenvalue weighted by Gasteiger charge is 2.24. The molecule has 1 aliphatic rings. The van der Waals surface area contributed by atoms with Gasteiger partial charge in [-0.2, -0.15) is 0 Å². The average Bonchev–Trinajstić information content (AvgIpc) is 3.13. The molecule has 0 radical (unpaired) electrons. The summed E-state index contributed by atoms with van der Waals surface area (Å²) in [5, 5.41) is 37.3. The molecule has 13 nitrogen and oxygen atoms in total. The molecule has 0 aliphatic carbocycles. The molecular weight excluding hydrogens is 452 g/mol. The minimum absolute atomic E-state index is 0.0433. The Balaban J connectivity index is 0.000000401. The third kappa shape index (κ3) is 8.35. The number of aromatic nitrogens is 1. The number of para-hydroxylation sites is 1. The Hall–Kier alpha value is -4.26. The van der Waals surface area contributed by atoms with E-state index in [-0.39, 0.29) is 5.91 Å². The highest BCUT2D eigenvalue weighted by Crippen LogP contribution is 2.36. The van der Waals surface area contributed by atoms with Crippen LogP contribution in [0.3, 0.4) is 0 Å². The molecule has 0 unspecified atom stereocenters. The first kappa shape index (κ1) is 27.8. The molecule has 3 rings (SSSR count). The second-order valence-electron chi connectivity index (χ2n) is 7.41. The van der Waals surface area contributed by atoms with Crippen molar-refractivity contribution in [2.24, 2.45) is 0 Å². The number of fused-ring (bicyclic) bond motifs is 2. The molecule has 1 aliphatic heterocycles. The number of likely N-dealkylation sites (N-methyl/N-ethyl adjacent to an activating group) is 1. The Kier molecular flexibility index (Phi) is 10.4. The van der Waals surface area contributed by atoms with Gasteiger partial charge in [0.15, 0.2) is 12.5 Å². The molecule has 6 N–H and O–H groups in total. The number of amides is 1. The average molecular weight is 478 g/mol. The number of nitrogens with two attached hydrogens (primary N) is 1. The Labute approximate surface area is 194 Å². The predicted molar refractivity (Wildman–Crippen MR) is 117 cm³/mol. The zero-order valence-corrected chi connectivity index (χ0v) is 18.8. The Morgan fingerprint density at radius 3 is 2.15 bits per heavy atom. The van der Waals surface area contributed by atoms with Gasteiger partial charge in [0.1, 0.15) is 5.82 Å². The molecule has 2 aromatic rings. The lowest BCUT2D eigenvalue weighted by atomic mass is 10.1. The predicted octanol–water partition coefficient (Wildman–Crippen LogP) is -1.89. The summed E-state index contributed by atoms with van der Waals surface area (Å²) in [6.45, 7) is 5.56. The minimum Gasteiger partial charge on any atom is -0.539 e. The van der Waals surface area contributed by atoms with Crippen LogP contribution in [0.4, 0.5) is 11.5 Å². The second-order valence-corrected chi connectivity index (χ2v) is 7.41. The molecule has 13 heteroatoms. The lowest BCUT2D eigenvalue weighted by molar-refractivity contribution is -0.672. The fourth-order valence-corrected chi connectivity index (χ4v) is 2.85. The number of benzene rings is 1. The van der Waals surface area contributed by atoms with Crippen molar-refractivity contribution in [2.75, 3.05) is 30.4 Å². The van der Waals surface area contributed by atoms with Crippen LogP contribution in [-0.4, -0.2) is 76.3 Å². The summed E-state index contributed by atoms with van der Waals surface area (Å²) in [5.41, 5.74) is 3.02. The number of quaternary nitrogens is 1. The van der Waals surface area contributed by atoms with Gasteiger partial charge in [-0.05, 0) is 26.3 Å². The fraction of sp³-hybridized carbons (Fsp3) is 0.333. The van der Waals surface area contributed by atoms with Gasteiger partial charge >= 0.3 is 17.9 Å². The number of carbonyl (C=O) groups excluding carboxylic acids is 2. The van der Waals surface area contributed by atoms with E-state index in [4.69, 9.17) is 44.6 Å². The van der Waals surface area contributed by atoms with Crippen LogP contribution < -0.4 is 20.6 Å². The third-order valence-electron chi connectivity index (χ3n) is 4.43. The molecule has 0 bridgehead atoms. The van der Waals surface area contributed by atoms with E-state index >= 15 is 0 Å². The summed E-state index contributed by atoms with van der Waals surface area (Å²) in [7, 11) is 2.05. The van der Waals surface area contributed by atoms with Crippen LogP contribution in [0.5, 0.6) is 0 Å². The molecule has 0 atom stereocenters. The van der Waals surface area contributed by atoms with Crippen molar-refractivity contribution in [1.29, 1.82) is 0 Å². The van der Waals surface area contributed by atoms with E-state index in [1.54, 1.807) is 0 Å². The van der Waals surface area contributed by atoms with E-state index < -0.39 is 23.9 Å². The molecule has 0 saturated carbocycles. The van der Waals surface area contributed by atoms with Crippen molar-refractivity contribution in [3.8, 4) is 0 Å². The number of nitrogens with zero attached hydrogens (tertiary/aromatic N) is 2. The van der Waals surface area contributed by atoms with Gasteiger partial charge in [0.05, 0.1) is 17.2 Å². The zero-order chi connectivity index (χ0) is 26.0. The van der Waals surface area contributed by atoms with Gasteiger partial charge in [-0.1, -0.05) is 18.2 Å². The summed E-state index contributed by atoms with van der Waals surface area (Å²) in [6, 6.07) is 8.41. The van der Waals surface area contributed by atoms with Gasteiger partial charge in [-0.3, -0.25) is 4.79 Å². The first-order valence-electron chi connectivity index (χ1n) is 10.0. The first-order valence-corrected chi connectivity index (χ1v) is 10.0. The molecule has 0 spiro atoms. The highest BCUT2D eigenvalue weighted by atomic mass is 16.4. The Bertz CT molecular complexity index is 1040. The fourth-order valence-electron chi connectivity index (χ4n) is 2.85. The minimum atomic E-state index is -2.07. The van der Waals surface area contributed by atoms with Crippen LogP contribution in [-0.2, 0) is 30.4 Å². The van der Waals surface area contributed by atoms with Gasteiger partial charge in [0.25, 0.3) is 5.91 Å². The molecule has 0 saturated heterocycles. The topological polar surface area (TPSA) is 214 Å². The number of nitrogens with one attached hydrogen (secondary N) is 1. The van der Waals surface area contributed by atoms with E-state index in [1.807, 2.05) is 36.6 Å². The molecule has 2 heterocycles. The lowest BCUT2D eigenvalue weighted by Crippen LogP contribution is -2.90. The Morgan fingerprint density at radius 1 is 1.09 bits per heavy atom. The SMILES string of the molecule is CC(C)[NH2+]CC(=O)Nc1c2c(nc3ccccc13)N(C)CC2.O=C(O)C(=O)O.O=C([O-])C(=O)O. The first-order chi connectivity index (χ1) is 15.8. The maximum absolute atomic E-state index is 12.3. The number of pyridine rings is 1. The number of hydrogen-bond acceptors (Lipinski definition) is 8. The van der Waals surface area contributed by atoms with Crippen molar-refractivity contribution in [3.05, 3.63) is 29.8 Å². The standard InChI is InChI=1S/C17H22N4O.2C2H2O4/c1-11(2)18-10-15(22)20-16-12-6-4-5-7-14(12)19-17-13(16)8-9-21(17)3;2*3-1(4)2(5)6/h4-7,11,18H,8-10H2,1-3H3,(H,19,20,22);2*(H,3,4)(H,5,6). The van der Waals surface area contributed by atoms with Crippen LogP contribution in [0.15, 0.2) is 24.3 Å². The van der Waals surface area contributed by atoms with Crippen LogP contribution in [0.25, 0.3) is 10.9 Å². The van der Waals surface area contributed by atoms with Gasteiger partial charge < -0.3 is 40.8 Å². The van der Waals surface area contributed by atoms with Gasteiger partial charge in [-0.15, -0.1) is 0 Å². The number of rotatable bonds is 4. The van der Waals surface area contributed by atoms with Crippen LogP contribution in [0, 0.1) is 0 Å². The van der Waals surface area contributed by atoms with E-state index in [0.717, 1.165) is 40.9 Å². The molecule has 184 valence electrons. The van der Waals surface area contributed by atoms with Gasteiger partial charge in [0, 0.05) is 24.5 Å². The number of carboxylic acids is 4. The number of anilines is 2. The molecule has 0 fully saturated rings. The lowest BCUT2D eigenvalue weighted by Gasteiger charge is -2.15. The summed E-state index contributed by atoms with van der Waals surface area (Å²) < 4.78 is 0. The summed E-state index contributed by atoms with van der Waals surface area (Å²) >= 11 is 0. The van der Waals surface area contributed by atoms with Crippen molar-refractivity contribution in [2.45, 2.75) is 26.3 Å². The van der Waals surface area contributed by atoms with Crippen LogP contribution in [0.2, 0.25) is 0 Å². The number of hydrogen-bond donors (Lipinski definition) is 5. The number of carboxylic acid groups (broad SMARTS) is 4. The highest BCUT2D eigenvalue weighted by molar-refractivity contribution is 6.27. The van der Waals surface area contributed by atoms with Crippen molar-refractivity contribution < 1.29 is 49.7 Å². The van der Waals surface area contributed by atoms with Crippen molar-refractivity contribution >= 4 is 52.2 Å². The van der Waals surface area contributed by atoms with E-state index in [2.05, 4.69) is 24.1 Å². The number of carbonyl (C=O) groups is 5. The summed E-state index contributed by atoms with van der Waals surface area (Å²) in [4.78, 5) is 55.4. The third-order valence-corrected chi connectivity index (χ3v) is 4.43. The van der Waals surface area contributed by atoms with E-state index in [0.29, 0.717) is 12.6 Å². The maximum atomic E-state index is 12.3. The number of aliphatic carboxylic acids is 4. The van der Waals surface area contributed by atoms with Crippen LogP contribution in [0.1, 0.15) is 19.4 Å². The van der Waals surface area contributed by atoms with Crippen LogP contribution >= 0.6 is 0 Å². The van der Waals surface area contributed by atoms with Crippen molar-refractivity contribution in [3.63, 3.8) is 0 Å². The molecule has 34 heavy (non-hydrogen) atoms. The molecule has 1 aromatic heterocycles. The molecule has 1 aromatic carbocycles. The smallest absolute Gasteiger partial charge is 0.414 e. The van der Waals surface area contributed by atoms with E-state index in [9.17, 15) is 4.79 Å². The van der Waals surface area contributed by atoms with Gasteiger partial charge in [0.2, 0.25) is 0 Å². The molecule has 1 amide bonds. The largest absolute Gasteiger partial charge is 0.539 e. The summed E-state index contributed by atoms with van der Waals surface area (Å²) in [5.74, 6) is -6.63. The van der Waals surface area contributed by atoms with E-state index in [1.165, 1.54) is 0 Å². The maximum Gasteiger partial charge on any atom is 0.414 e. The van der Waals surface area contributed by atoms with Gasteiger partial charge in [-0.25, -0.2) is 19.4 Å².